The summed E-state index contributed by atoms with van der Waals surface area (Å²) in [7, 11) is -3.67. The van der Waals surface area contributed by atoms with E-state index < -0.39 is 28.6 Å². The van der Waals surface area contributed by atoms with Gasteiger partial charge in [0.15, 0.2) is 20.4 Å². The molecule has 1 aromatic heterocycles. The predicted molar refractivity (Wildman–Crippen MR) is 176 cm³/mol. The van der Waals surface area contributed by atoms with Crippen molar-refractivity contribution >= 4 is 60.0 Å². The van der Waals surface area contributed by atoms with Crippen LogP contribution in [0, 0.1) is 0 Å². The van der Waals surface area contributed by atoms with E-state index in [9.17, 15) is 0 Å². The Labute approximate surface area is 254 Å². The quantitative estimate of drug-likeness (QED) is 0.197. The Kier molecular flexibility index (Phi) is 7.06. The first-order valence-electron chi connectivity index (χ1n) is 15.0. The first-order valence-corrected chi connectivity index (χ1v) is 19.1. The molecule has 7 rings (SSSR count). The highest BCUT2D eigenvalue weighted by Gasteiger charge is 2.55. The van der Waals surface area contributed by atoms with E-state index in [4.69, 9.17) is 27.0 Å². The van der Waals surface area contributed by atoms with Gasteiger partial charge in [-0.15, -0.1) is 0 Å². The second kappa shape index (κ2) is 10.5. The molecular weight excluding hydrogens is 577 g/mol. The summed E-state index contributed by atoms with van der Waals surface area (Å²) in [5, 5.41) is 10.4. The van der Waals surface area contributed by atoms with Gasteiger partial charge in [-0.2, -0.15) is 0 Å². The van der Waals surface area contributed by atoms with Crippen LogP contribution in [-0.4, -0.2) is 45.3 Å². The molecule has 2 saturated heterocycles. The molecule has 7 nitrogen and oxygen atoms in total. The van der Waals surface area contributed by atoms with Crippen molar-refractivity contribution in [3.05, 3.63) is 72.8 Å². The zero-order chi connectivity index (χ0) is 30.1. The van der Waals surface area contributed by atoms with Crippen LogP contribution in [-0.2, 0) is 18.6 Å². The minimum Gasteiger partial charge on any atom is -0.414 e. The predicted octanol–water partition coefficient (Wildman–Crippen LogP) is 9.41. The van der Waals surface area contributed by atoms with Gasteiger partial charge < -0.3 is 27.0 Å². The third kappa shape index (κ3) is 5.23. The average Bonchev–Trinajstić information content (AvgIpc) is 3.35. The summed E-state index contributed by atoms with van der Waals surface area (Å²) >= 11 is 0. The summed E-state index contributed by atoms with van der Waals surface area (Å²) in [5.41, 5.74) is 1.56. The second-order valence-corrected chi connectivity index (χ2v) is 19.6. The fraction of sp³-hybridized carbons (Fsp3) is 0.412. The lowest BCUT2D eigenvalue weighted by molar-refractivity contribution is -0.208. The van der Waals surface area contributed by atoms with Gasteiger partial charge in [0.25, 0.3) is 0 Å². The van der Waals surface area contributed by atoms with Crippen molar-refractivity contribution in [2.45, 2.75) is 83.1 Å². The number of benzene rings is 4. The number of rotatable bonds is 5. The maximum Gasteiger partial charge on any atom is 0.307 e. The largest absolute Gasteiger partial charge is 0.414 e. The van der Waals surface area contributed by atoms with Crippen molar-refractivity contribution in [1.29, 1.82) is 0 Å². The molecule has 5 aromatic rings. The molecule has 2 aliphatic heterocycles. The van der Waals surface area contributed by atoms with Gasteiger partial charge in [0.05, 0.1) is 12.6 Å². The summed E-state index contributed by atoms with van der Waals surface area (Å²) in [5.74, 6) is -0.754. The van der Waals surface area contributed by atoms with Crippen LogP contribution in [0.3, 0.4) is 0 Å². The highest BCUT2D eigenvalue weighted by atomic mass is 31.1. The molecule has 2 fully saturated rings. The number of hydrogen-bond donors (Lipinski definition) is 1. The van der Waals surface area contributed by atoms with E-state index in [2.05, 4.69) is 112 Å². The number of ether oxygens (including phenoxy) is 3. The summed E-state index contributed by atoms with van der Waals surface area (Å²) in [6.45, 7) is 15.5. The van der Waals surface area contributed by atoms with Gasteiger partial charge in [0, 0.05) is 10.8 Å². The lowest BCUT2D eigenvalue weighted by Crippen LogP contribution is -2.46. The molecule has 0 saturated carbocycles. The van der Waals surface area contributed by atoms with E-state index in [1.807, 2.05) is 13.8 Å². The summed E-state index contributed by atoms with van der Waals surface area (Å²) in [6.07, 6.45) is -1.15. The fourth-order valence-corrected chi connectivity index (χ4v) is 8.30. The standard InChI is InChI=1S/C34H40NO6PSi/c1-33(2,3)43(6,7)36-20-27-30(31-32(37-27)39-34(4,5)38-31)35-42-40-25-18-16-21-12-8-10-14-23(21)28(25)29-24-15-11-9-13-22(24)17-19-26(29)41-42/h8-19,27,30-32,35H,20H2,1-7H3/t27-,30-,31-,32-/m1/s1. The minimum absolute atomic E-state index is 0.0793. The van der Waals surface area contributed by atoms with E-state index in [0.717, 1.165) is 43.5 Å². The lowest BCUT2D eigenvalue weighted by Gasteiger charge is -2.37. The zero-order valence-corrected chi connectivity index (χ0v) is 27.7. The molecule has 9 heteroatoms. The highest BCUT2D eigenvalue weighted by molar-refractivity contribution is 7.38. The van der Waals surface area contributed by atoms with Crippen molar-refractivity contribution in [3.8, 4) is 0 Å². The molecule has 3 heterocycles. The Morgan fingerprint density at radius 3 is 1.93 bits per heavy atom. The van der Waals surface area contributed by atoms with Crippen LogP contribution in [0.1, 0.15) is 34.6 Å². The average molecular weight is 618 g/mol. The second-order valence-electron chi connectivity index (χ2n) is 13.6. The number of fused-ring (bicyclic) bond motifs is 8. The molecule has 0 unspecified atom stereocenters. The summed E-state index contributed by atoms with van der Waals surface area (Å²) in [4.78, 5) is 0. The van der Waals surface area contributed by atoms with Crippen LogP contribution in [0.2, 0.25) is 18.1 Å². The lowest BCUT2D eigenvalue weighted by atomic mass is 9.99. The molecule has 4 atom stereocenters. The first kappa shape index (κ1) is 29.1. The van der Waals surface area contributed by atoms with E-state index in [1.54, 1.807) is 0 Å². The summed E-state index contributed by atoms with van der Waals surface area (Å²) < 4.78 is 39.1. The van der Waals surface area contributed by atoms with Crippen LogP contribution in [0.25, 0.3) is 43.5 Å². The van der Waals surface area contributed by atoms with Crippen LogP contribution < -0.4 is 5.09 Å². The maximum atomic E-state index is 6.75. The van der Waals surface area contributed by atoms with E-state index >= 15 is 0 Å². The van der Waals surface area contributed by atoms with Crippen LogP contribution in [0.15, 0.2) is 81.2 Å². The van der Waals surface area contributed by atoms with Gasteiger partial charge in [0.1, 0.15) is 23.4 Å². The normalized spacial score (nSPS) is 23.9. The van der Waals surface area contributed by atoms with Gasteiger partial charge >= 0.3 is 8.16 Å². The van der Waals surface area contributed by atoms with E-state index in [-0.39, 0.29) is 23.3 Å². The first-order chi connectivity index (χ1) is 20.4. The number of nitrogens with one attached hydrogen (secondary N) is 1. The molecule has 0 radical (unpaired) electrons. The molecule has 0 bridgehead atoms. The topological polar surface area (TPSA) is 75.2 Å². The highest BCUT2D eigenvalue weighted by Crippen LogP contribution is 2.44. The smallest absolute Gasteiger partial charge is 0.307 e. The van der Waals surface area contributed by atoms with Gasteiger partial charge in [-0.25, -0.2) is 5.09 Å². The zero-order valence-electron chi connectivity index (χ0n) is 25.8. The van der Waals surface area contributed by atoms with Crippen molar-refractivity contribution < 1.29 is 27.0 Å². The van der Waals surface area contributed by atoms with E-state index in [1.165, 1.54) is 0 Å². The maximum absolute atomic E-state index is 6.75. The molecule has 0 amide bonds. The molecule has 0 spiro atoms. The molecular formula is C34H40NO6PSi. The van der Waals surface area contributed by atoms with Gasteiger partial charge in [-0.05, 0) is 65.7 Å². The Morgan fingerprint density at radius 1 is 0.814 bits per heavy atom. The molecule has 4 aromatic carbocycles. The van der Waals surface area contributed by atoms with Crippen LogP contribution in [0.5, 0.6) is 0 Å². The summed E-state index contributed by atoms with van der Waals surface area (Å²) in [6, 6.07) is 24.9. The molecule has 226 valence electrons. The fourth-order valence-electron chi connectivity index (χ4n) is 5.92. The van der Waals surface area contributed by atoms with E-state index in [0.29, 0.717) is 6.61 Å². The van der Waals surface area contributed by atoms with Crippen molar-refractivity contribution in [3.63, 3.8) is 0 Å². The van der Waals surface area contributed by atoms with Gasteiger partial charge in [-0.3, -0.25) is 0 Å². The Balaban J connectivity index is 1.37. The van der Waals surface area contributed by atoms with Gasteiger partial charge in [0.2, 0.25) is 0 Å². The Morgan fingerprint density at radius 2 is 1.37 bits per heavy atom. The van der Waals surface area contributed by atoms with Gasteiger partial charge in [-0.1, -0.05) is 81.4 Å². The van der Waals surface area contributed by atoms with Crippen LogP contribution in [0.4, 0.5) is 0 Å². The van der Waals surface area contributed by atoms with Crippen molar-refractivity contribution in [1.82, 2.24) is 0 Å². The minimum atomic E-state index is -2.02. The third-order valence-electron chi connectivity index (χ3n) is 9.21. The van der Waals surface area contributed by atoms with Crippen molar-refractivity contribution in [2.75, 3.05) is 11.7 Å². The molecule has 0 aliphatic carbocycles. The van der Waals surface area contributed by atoms with Crippen LogP contribution >= 0.6 is 8.16 Å². The molecule has 1 N–H and O–H groups in total. The van der Waals surface area contributed by atoms with Crippen molar-refractivity contribution in [2.24, 2.45) is 0 Å². The third-order valence-corrected chi connectivity index (χ3v) is 14.9. The Hall–Kier alpha value is -2.68. The molecule has 43 heavy (non-hydrogen) atoms. The SMILES string of the molecule is CC1(C)O[C@H]2O[C@H](CO[Si](C)(C)C(C)(C)C)[C@@H](Np3oc4ccc5ccccc5c4c4c(ccc5ccccc54)o3)[C@H]2O1. The monoisotopic (exact) mass is 617 g/mol. The number of hydrogen-bond acceptors (Lipinski definition) is 7. The molecule has 2 aliphatic rings. The Bertz CT molecular complexity index is 1780.